The number of benzene rings is 1. The molecule has 1 N–H and O–H groups in total. The molecule has 0 bridgehead atoms. The number of nitrogens with zero attached hydrogens (tertiary/aromatic N) is 2. The van der Waals surface area contributed by atoms with Crippen molar-refractivity contribution in [3.05, 3.63) is 47.2 Å². The number of carbonyl (C=O) groups is 1. The molecule has 1 unspecified atom stereocenters. The Morgan fingerprint density at radius 1 is 1.38 bits per heavy atom. The van der Waals surface area contributed by atoms with E-state index < -0.39 is 0 Å². The Bertz CT molecular complexity index is 874. The Labute approximate surface area is 160 Å². The van der Waals surface area contributed by atoms with Gasteiger partial charge < -0.3 is 14.6 Å². The van der Waals surface area contributed by atoms with E-state index in [1.807, 2.05) is 36.6 Å². The van der Waals surface area contributed by atoms with Gasteiger partial charge in [0.1, 0.15) is 16.5 Å². The molecule has 0 radical (unpaired) electrons. The van der Waals surface area contributed by atoms with Crippen LogP contribution in [0.15, 0.2) is 40.2 Å². The molecule has 3 aromatic rings. The molecule has 0 aliphatic carbocycles. The third-order valence-electron chi connectivity index (χ3n) is 3.62. The van der Waals surface area contributed by atoms with Crippen molar-refractivity contribution in [1.29, 1.82) is 0 Å². The van der Waals surface area contributed by atoms with E-state index >= 15 is 0 Å². The van der Waals surface area contributed by atoms with Crippen LogP contribution in [-0.2, 0) is 10.5 Å². The molecule has 0 aliphatic rings. The zero-order valence-electron chi connectivity index (χ0n) is 14.7. The molecule has 6 nitrogen and oxygen atoms in total. The Morgan fingerprint density at radius 2 is 2.15 bits per heavy atom. The molecule has 1 amide bonds. The second-order valence-electron chi connectivity index (χ2n) is 5.64. The van der Waals surface area contributed by atoms with Crippen molar-refractivity contribution in [2.24, 2.45) is 0 Å². The third-order valence-corrected chi connectivity index (χ3v) is 5.74. The molecule has 2 aromatic heterocycles. The van der Waals surface area contributed by atoms with E-state index in [9.17, 15) is 4.79 Å². The van der Waals surface area contributed by atoms with Crippen molar-refractivity contribution < 1.29 is 14.1 Å². The van der Waals surface area contributed by atoms with Gasteiger partial charge in [0.05, 0.1) is 18.1 Å². The molecule has 2 heterocycles. The fraction of sp³-hybridized carbons (Fsp3) is 0.278. The van der Waals surface area contributed by atoms with Gasteiger partial charge in [-0.05, 0) is 38.1 Å². The van der Waals surface area contributed by atoms with Crippen LogP contribution in [0.5, 0.6) is 5.75 Å². The number of methoxy groups -OCH3 is 1. The van der Waals surface area contributed by atoms with Crippen molar-refractivity contribution in [1.82, 2.24) is 10.1 Å². The number of anilines is 1. The highest BCUT2D eigenvalue weighted by Crippen LogP contribution is 2.28. The first-order valence-electron chi connectivity index (χ1n) is 8.00. The molecule has 3 rings (SSSR count). The van der Waals surface area contributed by atoms with Crippen LogP contribution in [0.2, 0.25) is 0 Å². The number of amides is 1. The highest BCUT2D eigenvalue weighted by atomic mass is 32.2. The summed E-state index contributed by atoms with van der Waals surface area (Å²) in [4.78, 5) is 16.8. The van der Waals surface area contributed by atoms with Crippen LogP contribution in [-0.4, -0.2) is 28.4 Å². The number of aromatic nitrogens is 2. The Kier molecular flexibility index (Phi) is 5.95. The number of thiazole rings is 1. The number of carbonyl (C=O) groups excluding carboxylic acids is 1. The maximum atomic E-state index is 12.2. The van der Waals surface area contributed by atoms with E-state index in [4.69, 9.17) is 9.26 Å². The molecule has 0 fully saturated rings. The number of hydrogen-bond acceptors (Lipinski definition) is 7. The van der Waals surface area contributed by atoms with Gasteiger partial charge >= 0.3 is 0 Å². The Morgan fingerprint density at radius 3 is 2.81 bits per heavy atom. The number of hydrogen-bond donors (Lipinski definition) is 1. The molecule has 136 valence electrons. The summed E-state index contributed by atoms with van der Waals surface area (Å²) in [6.07, 6.45) is 0. The quantitative estimate of drug-likeness (QED) is 0.646. The smallest absolute Gasteiger partial charge is 0.238 e. The van der Waals surface area contributed by atoms with Crippen molar-refractivity contribution in [2.45, 2.75) is 24.9 Å². The zero-order chi connectivity index (χ0) is 18.5. The van der Waals surface area contributed by atoms with Crippen LogP contribution >= 0.6 is 23.1 Å². The Hall–Kier alpha value is -2.32. The summed E-state index contributed by atoms with van der Waals surface area (Å²) in [7, 11) is 1.65. The monoisotopic (exact) mass is 389 g/mol. The minimum absolute atomic E-state index is 0.103. The van der Waals surface area contributed by atoms with Gasteiger partial charge in [0, 0.05) is 22.8 Å². The van der Waals surface area contributed by atoms with E-state index in [0.29, 0.717) is 17.3 Å². The fourth-order valence-corrected chi connectivity index (χ4v) is 3.89. The molecule has 0 aliphatic heterocycles. The summed E-state index contributed by atoms with van der Waals surface area (Å²) < 4.78 is 10.1. The van der Waals surface area contributed by atoms with Crippen LogP contribution in [0.4, 0.5) is 5.82 Å². The molecule has 8 heteroatoms. The van der Waals surface area contributed by atoms with Crippen LogP contribution < -0.4 is 10.1 Å². The van der Waals surface area contributed by atoms with Gasteiger partial charge in [0.25, 0.3) is 0 Å². The second kappa shape index (κ2) is 8.37. The van der Waals surface area contributed by atoms with Crippen LogP contribution in [0.25, 0.3) is 10.6 Å². The molecule has 1 atom stereocenters. The molecule has 0 spiro atoms. The minimum Gasteiger partial charge on any atom is -0.497 e. The third kappa shape index (κ3) is 4.64. The summed E-state index contributed by atoms with van der Waals surface area (Å²) >= 11 is 3.13. The van der Waals surface area contributed by atoms with E-state index in [0.717, 1.165) is 22.0 Å². The number of aryl methyl sites for hydroxylation is 1. The molecule has 0 saturated carbocycles. The summed E-state index contributed by atoms with van der Waals surface area (Å²) in [5.41, 5.74) is 2.02. The van der Waals surface area contributed by atoms with Crippen LogP contribution in [0.1, 0.15) is 18.4 Å². The largest absolute Gasteiger partial charge is 0.497 e. The van der Waals surface area contributed by atoms with E-state index in [-0.39, 0.29) is 11.2 Å². The maximum Gasteiger partial charge on any atom is 0.238 e. The zero-order valence-corrected chi connectivity index (χ0v) is 16.3. The number of ether oxygens (including phenoxy) is 1. The number of thioether (sulfide) groups is 1. The highest BCUT2D eigenvalue weighted by Gasteiger charge is 2.16. The summed E-state index contributed by atoms with van der Waals surface area (Å²) in [5.74, 6) is 2.49. The van der Waals surface area contributed by atoms with Crippen molar-refractivity contribution >= 4 is 34.8 Å². The molecule has 26 heavy (non-hydrogen) atoms. The first kappa shape index (κ1) is 18.5. The highest BCUT2D eigenvalue weighted by molar-refractivity contribution is 7.99. The lowest BCUT2D eigenvalue weighted by Crippen LogP contribution is -2.22. The number of rotatable bonds is 7. The predicted octanol–water partition coefficient (Wildman–Crippen LogP) is 4.38. The Balaban J connectivity index is 1.54. The lowest BCUT2D eigenvalue weighted by atomic mass is 10.2. The standard InChI is InChI=1S/C18H19N3O3S2/c1-11-8-16(21-24-11)20-17(22)12(2)25-9-14-10-26-18(19-14)13-4-6-15(23-3)7-5-13/h4-8,10,12H,9H2,1-3H3,(H,20,21,22). The first-order chi connectivity index (χ1) is 12.5. The molecular weight excluding hydrogens is 370 g/mol. The van der Waals surface area contributed by atoms with Crippen LogP contribution in [0, 0.1) is 6.92 Å². The van der Waals surface area contributed by atoms with Gasteiger partial charge in [-0.2, -0.15) is 0 Å². The average Bonchev–Trinajstić information content (AvgIpc) is 3.28. The first-order valence-corrected chi connectivity index (χ1v) is 9.92. The van der Waals surface area contributed by atoms with Gasteiger partial charge in [-0.3, -0.25) is 4.79 Å². The molecule has 0 saturated heterocycles. The molecule has 1 aromatic carbocycles. The van der Waals surface area contributed by atoms with Gasteiger partial charge in [0.2, 0.25) is 5.91 Å². The topological polar surface area (TPSA) is 77.2 Å². The SMILES string of the molecule is COc1ccc(-c2nc(CSC(C)C(=O)Nc3cc(C)on3)cs2)cc1. The van der Waals surface area contributed by atoms with E-state index in [1.165, 1.54) is 11.8 Å². The van der Waals surface area contributed by atoms with Gasteiger partial charge in [-0.1, -0.05) is 5.16 Å². The molecular formula is C18H19N3O3S2. The normalized spacial score (nSPS) is 12.0. The summed E-state index contributed by atoms with van der Waals surface area (Å²) in [6.45, 7) is 3.65. The predicted molar refractivity (Wildman–Crippen MR) is 105 cm³/mol. The second-order valence-corrected chi connectivity index (χ2v) is 7.83. The minimum atomic E-state index is -0.224. The summed E-state index contributed by atoms with van der Waals surface area (Å²) in [5, 5.41) is 9.28. The lowest BCUT2D eigenvalue weighted by molar-refractivity contribution is -0.115. The maximum absolute atomic E-state index is 12.2. The van der Waals surface area contributed by atoms with E-state index in [1.54, 1.807) is 31.4 Å². The van der Waals surface area contributed by atoms with Gasteiger partial charge in [-0.25, -0.2) is 4.98 Å². The lowest BCUT2D eigenvalue weighted by Gasteiger charge is -2.09. The van der Waals surface area contributed by atoms with Crippen molar-refractivity contribution in [2.75, 3.05) is 12.4 Å². The van der Waals surface area contributed by atoms with Gasteiger partial charge in [0.15, 0.2) is 5.82 Å². The average molecular weight is 390 g/mol. The van der Waals surface area contributed by atoms with Crippen molar-refractivity contribution in [3.63, 3.8) is 0 Å². The fourth-order valence-electron chi connectivity index (χ4n) is 2.18. The van der Waals surface area contributed by atoms with Crippen molar-refractivity contribution in [3.8, 4) is 16.3 Å². The van der Waals surface area contributed by atoms with Crippen LogP contribution in [0.3, 0.4) is 0 Å². The van der Waals surface area contributed by atoms with E-state index in [2.05, 4.69) is 15.5 Å². The number of nitrogens with one attached hydrogen (secondary N) is 1. The van der Waals surface area contributed by atoms with Gasteiger partial charge in [-0.15, -0.1) is 23.1 Å². The summed E-state index contributed by atoms with van der Waals surface area (Å²) in [6, 6.07) is 9.51.